The standard InChI is InChI=1S/C13H6BrCl4F/c14-9-5-12(19)8(4-11(9)17)13(18)7-3-6(15)1-2-10(7)16/h1-5,13H. The Morgan fingerprint density at radius 2 is 1.63 bits per heavy atom. The van der Waals surface area contributed by atoms with Crippen molar-refractivity contribution in [1.29, 1.82) is 0 Å². The van der Waals surface area contributed by atoms with E-state index in [1.807, 2.05) is 0 Å². The molecule has 1 unspecified atom stereocenters. The zero-order valence-electron chi connectivity index (χ0n) is 9.23. The highest BCUT2D eigenvalue weighted by Crippen LogP contribution is 2.38. The Kier molecular flexibility index (Phi) is 5.02. The molecule has 1 atom stereocenters. The van der Waals surface area contributed by atoms with E-state index in [4.69, 9.17) is 46.4 Å². The summed E-state index contributed by atoms with van der Waals surface area (Å²) in [5, 5.41) is 0.508. The molecule has 0 amide bonds. The van der Waals surface area contributed by atoms with Gasteiger partial charge in [-0.05, 0) is 51.8 Å². The molecule has 0 spiro atoms. The minimum absolute atomic E-state index is 0.249. The quantitative estimate of drug-likeness (QED) is 0.379. The van der Waals surface area contributed by atoms with Crippen LogP contribution in [0.4, 0.5) is 4.39 Å². The van der Waals surface area contributed by atoms with E-state index in [0.717, 1.165) is 0 Å². The molecule has 0 nitrogen and oxygen atoms in total. The molecule has 2 aromatic rings. The number of alkyl halides is 1. The van der Waals surface area contributed by atoms with Crippen LogP contribution in [0, 0.1) is 5.82 Å². The van der Waals surface area contributed by atoms with Gasteiger partial charge < -0.3 is 0 Å². The van der Waals surface area contributed by atoms with Gasteiger partial charge in [-0.2, -0.15) is 0 Å². The highest BCUT2D eigenvalue weighted by atomic mass is 79.9. The third-order valence-corrected chi connectivity index (χ3v) is 4.79. The summed E-state index contributed by atoms with van der Waals surface area (Å²) in [5.41, 5.74) is 0.784. The largest absolute Gasteiger partial charge is 0.207 e. The summed E-state index contributed by atoms with van der Waals surface area (Å²) < 4.78 is 14.4. The lowest BCUT2D eigenvalue weighted by atomic mass is 10.0. The Labute approximate surface area is 138 Å². The van der Waals surface area contributed by atoms with E-state index in [-0.39, 0.29) is 5.56 Å². The van der Waals surface area contributed by atoms with Crippen molar-refractivity contribution in [3.8, 4) is 0 Å². The van der Waals surface area contributed by atoms with Gasteiger partial charge in [-0.3, -0.25) is 0 Å². The van der Waals surface area contributed by atoms with Crippen LogP contribution in [0.3, 0.4) is 0 Å². The average Bonchev–Trinajstić information content (AvgIpc) is 2.36. The van der Waals surface area contributed by atoms with E-state index in [9.17, 15) is 4.39 Å². The molecule has 0 heterocycles. The molecule has 0 N–H and O–H groups in total. The van der Waals surface area contributed by atoms with Crippen LogP contribution < -0.4 is 0 Å². The van der Waals surface area contributed by atoms with Gasteiger partial charge in [0.15, 0.2) is 0 Å². The Hall–Kier alpha value is 0.01000. The Morgan fingerprint density at radius 3 is 2.32 bits per heavy atom. The number of halogens is 6. The smallest absolute Gasteiger partial charge is 0.129 e. The van der Waals surface area contributed by atoms with Crippen LogP contribution >= 0.6 is 62.3 Å². The first-order valence-electron chi connectivity index (χ1n) is 5.13. The molecule has 0 aromatic heterocycles. The molecule has 100 valence electrons. The van der Waals surface area contributed by atoms with Crippen molar-refractivity contribution in [1.82, 2.24) is 0 Å². The van der Waals surface area contributed by atoms with E-state index in [2.05, 4.69) is 15.9 Å². The van der Waals surface area contributed by atoms with Gasteiger partial charge in [0.05, 0.1) is 10.4 Å². The van der Waals surface area contributed by atoms with Gasteiger partial charge >= 0.3 is 0 Å². The highest BCUT2D eigenvalue weighted by molar-refractivity contribution is 9.10. The van der Waals surface area contributed by atoms with Gasteiger partial charge in [0.2, 0.25) is 0 Å². The normalized spacial score (nSPS) is 12.5. The van der Waals surface area contributed by atoms with Gasteiger partial charge in [0.25, 0.3) is 0 Å². The fourth-order valence-electron chi connectivity index (χ4n) is 1.61. The number of hydrogen-bond acceptors (Lipinski definition) is 0. The minimum Gasteiger partial charge on any atom is -0.207 e. The number of benzene rings is 2. The van der Waals surface area contributed by atoms with Gasteiger partial charge in [-0.25, -0.2) is 4.39 Å². The Bertz CT molecular complexity index is 630. The van der Waals surface area contributed by atoms with Crippen LogP contribution in [0.15, 0.2) is 34.8 Å². The molecule has 6 heteroatoms. The first-order chi connectivity index (χ1) is 8.90. The lowest BCUT2D eigenvalue weighted by molar-refractivity contribution is 0.611. The zero-order valence-corrected chi connectivity index (χ0v) is 13.8. The fraction of sp³-hybridized carbons (Fsp3) is 0.0769. The lowest BCUT2D eigenvalue weighted by Gasteiger charge is -2.14. The zero-order chi connectivity index (χ0) is 14.2. The van der Waals surface area contributed by atoms with E-state index in [1.54, 1.807) is 18.2 Å². The summed E-state index contributed by atoms with van der Waals surface area (Å²) in [7, 11) is 0. The van der Waals surface area contributed by atoms with Crippen LogP contribution in [0.2, 0.25) is 15.1 Å². The predicted octanol–water partition coefficient (Wildman–Crippen LogP) is 6.88. The lowest BCUT2D eigenvalue weighted by Crippen LogP contribution is -1.98. The molecule has 0 aliphatic rings. The number of rotatable bonds is 2. The molecular formula is C13H6BrCl4F. The molecule has 0 aliphatic heterocycles. The van der Waals surface area contributed by atoms with Crippen LogP contribution in [-0.4, -0.2) is 0 Å². The molecule has 2 aromatic carbocycles. The van der Waals surface area contributed by atoms with Gasteiger partial charge in [-0.1, -0.05) is 34.8 Å². The maximum atomic E-state index is 13.9. The summed E-state index contributed by atoms with van der Waals surface area (Å²) in [6.07, 6.45) is 0. The van der Waals surface area contributed by atoms with Crippen molar-refractivity contribution in [3.63, 3.8) is 0 Å². The van der Waals surface area contributed by atoms with Crippen LogP contribution in [0.5, 0.6) is 0 Å². The van der Waals surface area contributed by atoms with E-state index < -0.39 is 11.2 Å². The van der Waals surface area contributed by atoms with Crippen LogP contribution in [0.1, 0.15) is 16.5 Å². The van der Waals surface area contributed by atoms with Crippen molar-refractivity contribution >= 4 is 62.3 Å². The predicted molar refractivity (Wildman–Crippen MR) is 83.3 cm³/mol. The second-order valence-electron chi connectivity index (χ2n) is 3.82. The highest BCUT2D eigenvalue weighted by Gasteiger charge is 2.20. The maximum Gasteiger partial charge on any atom is 0.129 e. The Balaban J connectivity index is 2.52. The molecular weight excluding hydrogens is 397 g/mol. The second kappa shape index (κ2) is 6.19. The minimum atomic E-state index is -0.767. The van der Waals surface area contributed by atoms with Crippen LogP contribution in [-0.2, 0) is 0 Å². The van der Waals surface area contributed by atoms with Gasteiger partial charge in [-0.15, -0.1) is 11.6 Å². The summed E-state index contributed by atoms with van der Waals surface area (Å²) in [6, 6.07) is 7.60. The van der Waals surface area contributed by atoms with E-state index >= 15 is 0 Å². The number of hydrogen-bond donors (Lipinski definition) is 0. The summed E-state index contributed by atoms with van der Waals surface area (Å²) >= 11 is 27.3. The van der Waals surface area contributed by atoms with Crippen LogP contribution in [0.25, 0.3) is 0 Å². The van der Waals surface area contributed by atoms with Crippen molar-refractivity contribution in [2.75, 3.05) is 0 Å². The van der Waals surface area contributed by atoms with E-state index in [0.29, 0.717) is 25.1 Å². The molecule has 19 heavy (non-hydrogen) atoms. The molecule has 0 bridgehead atoms. The first-order valence-corrected chi connectivity index (χ1v) is 7.50. The van der Waals surface area contributed by atoms with E-state index in [1.165, 1.54) is 12.1 Å². The molecule has 0 saturated heterocycles. The van der Waals surface area contributed by atoms with Gasteiger partial charge in [0.1, 0.15) is 5.82 Å². The SMILES string of the molecule is Fc1cc(Br)c(Cl)cc1C(Cl)c1cc(Cl)ccc1Cl. The molecule has 0 fully saturated rings. The Morgan fingerprint density at radius 1 is 0.947 bits per heavy atom. The third-order valence-electron chi connectivity index (χ3n) is 2.54. The van der Waals surface area contributed by atoms with Crippen molar-refractivity contribution in [2.45, 2.75) is 5.38 Å². The topological polar surface area (TPSA) is 0 Å². The molecule has 0 radical (unpaired) electrons. The molecule has 0 saturated carbocycles. The molecule has 2 rings (SSSR count). The maximum absolute atomic E-state index is 13.9. The van der Waals surface area contributed by atoms with Crippen molar-refractivity contribution < 1.29 is 4.39 Å². The van der Waals surface area contributed by atoms with Crippen molar-refractivity contribution in [2.24, 2.45) is 0 Å². The monoisotopic (exact) mass is 400 g/mol. The third kappa shape index (κ3) is 3.37. The van der Waals surface area contributed by atoms with Crippen molar-refractivity contribution in [3.05, 3.63) is 66.8 Å². The fourth-order valence-corrected chi connectivity index (χ4v) is 2.91. The molecule has 0 aliphatic carbocycles. The second-order valence-corrected chi connectivity index (χ2v) is 6.36. The van der Waals surface area contributed by atoms with Gasteiger partial charge in [0, 0.05) is 20.1 Å². The first kappa shape index (κ1) is 15.4. The average molecular weight is 403 g/mol. The summed E-state index contributed by atoms with van der Waals surface area (Å²) in [6.45, 7) is 0. The summed E-state index contributed by atoms with van der Waals surface area (Å²) in [5.74, 6) is -0.465. The summed E-state index contributed by atoms with van der Waals surface area (Å²) in [4.78, 5) is 0.